The van der Waals surface area contributed by atoms with Crippen LogP contribution in [0.15, 0.2) is 35.8 Å². The minimum absolute atomic E-state index is 0.249. The Labute approximate surface area is 141 Å². The second-order valence-electron chi connectivity index (χ2n) is 6.28. The molecule has 1 fully saturated rings. The van der Waals surface area contributed by atoms with Gasteiger partial charge in [-0.3, -0.25) is 4.79 Å². The highest BCUT2D eigenvalue weighted by atomic mass is 32.1. The Bertz CT molecular complexity index is 654. The second-order valence-corrected chi connectivity index (χ2v) is 7.31. The third-order valence-corrected chi connectivity index (χ3v) is 5.26. The Morgan fingerprint density at radius 2 is 2.30 bits per heavy atom. The van der Waals surface area contributed by atoms with Crippen molar-refractivity contribution in [2.45, 2.75) is 25.2 Å². The van der Waals surface area contributed by atoms with Crippen LogP contribution in [-0.4, -0.2) is 43.0 Å². The molecule has 0 N–H and O–H groups in total. The average Bonchev–Trinajstić information content (AvgIpc) is 3.08. The van der Waals surface area contributed by atoms with Gasteiger partial charge in [0.05, 0.1) is 6.42 Å². The molecule has 122 valence electrons. The van der Waals surface area contributed by atoms with Crippen molar-refractivity contribution in [2.24, 2.45) is 0 Å². The normalized spacial score (nSPS) is 18.0. The summed E-state index contributed by atoms with van der Waals surface area (Å²) >= 11 is 1.66. The van der Waals surface area contributed by atoms with Crippen molar-refractivity contribution in [3.63, 3.8) is 0 Å². The molecule has 23 heavy (non-hydrogen) atoms. The lowest BCUT2D eigenvalue weighted by Crippen LogP contribution is -2.39. The van der Waals surface area contributed by atoms with Crippen LogP contribution in [0.1, 0.15) is 29.2 Å². The van der Waals surface area contributed by atoms with Crippen molar-refractivity contribution in [3.05, 3.63) is 46.3 Å². The van der Waals surface area contributed by atoms with Crippen molar-refractivity contribution in [3.8, 4) is 0 Å². The number of hydrogen-bond acceptors (Lipinski definition) is 4. The van der Waals surface area contributed by atoms with Gasteiger partial charge < -0.3 is 9.80 Å². The molecule has 1 saturated heterocycles. The molecule has 1 atom stereocenters. The number of hydrogen-bond donors (Lipinski definition) is 0. The van der Waals surface area contributed by atoms with Crippen molar-refractivity contribution >= 4 is 23.1 Å². The van der Waals surface area contributed by atoms with Gasteiger partial charge in [-0.25, -0.2) is 4.98 Å². The fourth-order valence-electron chi connectivity index (χ4n) is 3.08. The number of likely N-dealkylation sites (tertiary alicyclic amines) is 1. The Hall–Kier alpha value is -1.88. The molecule has 3 rings (SSSR count). The van der Waals surface area contributed by atoms with E-state index in [9.17, 15) is 4.79 Å². The summed E-state index contributed by atoms with van der Waals surface area (Å²) in [5.74, 6) is 1.64. The highest BCUT2D eigenvalue weighted by Crippen LogP contribution is 2.28. The number of amides is 1. The van der Waals surface area contributed by atoms with Crippen molar-refractivity contribution in [1.29, 1.82) is 0 Å². The maximum Gasteiger partial charge on any atom is 0.227 e. The molecule has 0 bridgehead atoms. The number of carbonyl (C=O) groups is 1. The Morgan fingerprint density at radius 1 is 1.43 bits per heavy atom. The molecule has 1 unspecified atom stereocenters. The van der Waals surface area contributed by atoms with Crippen molar-refractivity contribution < 1.29 is 4.79 Å². The first-order valence-corrected chi connectivity index (χ1v) is 8.95. The minimum Gasteiger partial charge on any atom is -0.363 e. The summed E-state index contributed by atoms with van der Waals surface area (Å²) in [5.41, 5.74) is 1.29. The van der Waals surface area contributed by atoms with Gasteiger partial charge in [-0.2, -0.15) is 0 Å². The highest BCUT2D eigenvalue weighted by Gasteiger charge is 2.25. The predicted octanol–water partition coefficient (Wildman–Crippen LogP) is 3.16. The molecule has 5 heteroatoms. The molecule has 0 spiro atoms. The SMILES string of the molecule is CN(C)c1cc(C2CCCN(C(=O)Cc3cccs3)C2)ccn1. The Kier molecular flexibility index (Phi) is 4.96. The Morgan fingerprint density at radius 3 is 3.04 bits per heavy atom. The topological polar surface area (TPSA) is 36.4 Å². The molecule has 0 aliphatic carbocycles. The first kappa shape index (κ1) is 16.0. The number of piperidine rings is 1. The predicted molar refractivity (Wildman–Crippen MR) is 95.1 cm³/mol. The molecule has 0 aromatic carbocycles. The average molecular weight is 329 g/mol. The van der Waals surface area contributed by atoms with Crippen LogP contribution >= 0.6 is 11.3 Å². The number of pyridine rings is 1. The Balaban J connectivity index is 1.68. The van der Waals surface area contributed by atoms with Crippen LogP contribution in [0.3, 0.4) is 0 Å². The molecule has 2 aromatic heterocycles. The summed E-state index contributed by atoms with van der Waals surface area (Å²) in [7, 11) is 4.01. The zero-order valence-electron chi connectivity index (χ0n) is 13.7. The van der Waals surface area contributed by atoms with E-state index in [0.717, 1.165) is 36.6 Å². The second kappa shape index (κ2) is 7.13. The van der Waals surface area contributed by atoms with Gasteiger partial charge in [0.1, 0.15) is 5.82 Å². The molecule has 3 heterocycles. The molecular weight excluding hydrogens is 306 g/mol. The zero-order valence-corrected chi connectivity index (χ0v) is 14.6. The van der Waals surface area contributed by atoms with E-state index in [-0.39, 0.29) is 5.91 Å². The molecule has 1 aliphatic heterocycles. The molecule has 1 aliphatic rings. The number of carbonyl (C=O) groups excluding carboxylic acids is 1. The van der Waals surface area contributed by atoms with Gasteiger partial charge in [-0.15, -0.1) is 11.3 Å². The van der Waals surface area contributed by atoms with Gasteiger partial charge in [0.25, 0.3) is 0 Å². The molecule has 0 saturated carbocycles. The summed E-state index contributed by atoms with van der Waals surface area (Å²) < 4.78 is 0. The van der Waals surface area contributed by atoms with Crippen LogP contribution in [-0.2, 0) is 11.2 Å². The fraction of sp³-hybridized carbons (Fsp3) is 0.444. The summed E-state index contributed by atoms with van der Waals surface area (Å²) in [6.07, 6.45) is 4.61. The number of aromatic nitrogens is 1. The fourth-order valence-corrected chi connectivity index (χ4v) is 3.78. The first-order valence-electron chi connectivity index (χ1n) is 8.07. The van der Waals surface area contributed by atoms with Crippen LogP contribution in [0.2, 0.25) is 0 Å². The number of nitrogens with zero attached hydrogens (tertiary/aromatic N) is 3. The standard InChI is InChI=1S/C18H23N3OS/c1-20(2)17-11-14(7-8-19-17)15-5-3-9-21(13-15)18(22)12-16-6-4-10-23-16/h4,6-8,10-11,15H,3,5,9,12-13H2,1-2H3. The highest BCUT2D eigenvalue weighted by molar-refractivity contribution is 7.10. The lowest BCUT2D eigenvalue weighted by atomic mass is 9.91. The van der Waals surface area contributed by atoms with Gasteiger partial charge in [0.2, 0.25) is 5.91 Å². The molecule has 1 amide bonds. The molecule has 0 radical (unpaired) electrons. The van der Waals surface area contributed by atoms with Crippen LogP contribution in [0.4, 0.5) is 5.82 Å². The van der Waals surface area contributed by atoms with Crippen LogP contribution in [0, 0.1) is 0 Å². The van der Waals surface area contributed by atoms with E-state index in [1.165, 1.54) is 5.56 Å². The minimum atomic E-state index is 0.249. The van der Waals surface area contributed by atoms with Crippen molar-refractivity contribution in [1.82, 2.24) is 9.88 Å². The van der Waals surface area contributed by atoms with Gasteiger partial charge in [0, 0.05) is 44.2 Å². The van der Waals surface area contributed by atoms with Crippen LogP contribution in [0.25, 0.3) is 0 Å². The van der Waals surface area contributed by atoms with E-state index in [0.29, 0.717) is 12.3 Å². The van der Waals surface area contributed by atoms with E-state index >= 15 is 0 Å². The zero-order chi connectivity index (χ0) is 16.2. The van der Waals surface area contributed by atoms with E-state index in [1.807, 2.05) is 47.6 Å². The van der Waals surface area contributed by atoms with Crippen molar-refractivity contribution in [2.75, 3.05) is 32.1 Å². The summed E-state index contributed by atoms with van der Waals surface area (Å²) in [4.78, 5) is 22.1. The molecule has 4 nitrogen and oxygen atoms in total. The lowest BCUT2D eigenvalue weighted by Gasteiger charge is -2.33. The van der Waals surface area contributed by atoms with Crippen LogP contribution in [0.5, 0.6) is 0 Å². The largest absolute Gasteiger partial charge is 0.363 e. The molecular formula is C18H23N3OS. The van der Waals surface area contributed by atoms with E-state index in [1.54, 1.807) is 11.3 Å². The number of rotatable bonds is 4. The summed E-state index contributed by atoms with van der Waals surface area (Å²) in [6.45, 7) is 1.70. The van der Waals surface area contributed by atoms with Gasteiger partial charge in [-0.05, 0) is 42.0 Å². The van der Waals surface area contributed by atoms with Gasteiger partial charge >= 0.3 is 0 Å². The third-order valence-electron chi connectivity index (χ3n) is 4.38. The van der Waals surface area contributed by atoms with Gasteiger partial charge in [-0.1, -0.05) is 6.07 Å². The molecule has 2 aromatic rings. The number of anilines is 1. The third kappa shape index (κ3) is 3.91. The van der Waals surface area contributed by atoms with E-state index < -0.39 is 0 Å². The number of thiophene rings is 1. The maximum absolute atomic E-state index is 12.5. The van der Waals surface area contributed by atoms with E-state index in [2.05, 4.69) is 17.1 Å². The summed E-state index contributed by atoms with van der Waals surface area (Å²) in [6, 6.07) is 8.28. The summed E-state index contributed by atoms with van der Waals surface area (Å²) in [5, 5.41) is 2.03. The van der Waals surface area contributed by atoms with Gasteiger partial charge in [0.15, 0.2) is 0 Å². The quantitative estimate of drug-likeness (QED) is 0.864. The first-order chi connectivity index (χ1) is 11.1. The van der Waals surface area contributed by atoms with Crippen LogP contribution < -0.4 is 4.90 Å². The smallest absolute Gasteiger partial charge is 0.227 e. The lowest BCUT2D eigenvalue weighted by molar-refractivity contribution is -0.131. The van der Waals surface area contributed by atoms with E-state index in [4.69, 9.17) is 0 Å². The monoisotopic (exact) mass is 329 g/mol. The maximum atomic E-state index is 12.5.